The van der Waals surface area contributed by atoms with Gasteiger partial charge < -0.3 is 4.90 Å². The first-order valence-electron chi connectivity index (χ1n) is 5.84. The molecule has 0 unspecified atom stereocenters. The Bertz CT molecular complexity index is 412. The maximum atomic E-state index is 7.24. The van der Waals surface area contributed by atoms with Crippen LogP contribution in [0.25, 0.3) is 4.85 Å². The number of nitrogens with zero attached hydrogens (tertiary/aromatic N) is 3. The Morgan fingerprint density at radius 1 is 1.38 bits per heavy atom. The number of pyridine rings is 1. The van der Waals surface area contributed by atoms with Crippen molar-refractivity contribution in [2.75, 3.05) is 18.0 Å². The van der Waals surface area contributed by atoms with Crippen LogP contribution in [0.2, 0.25) is 0 Å². The second kappa shape index (κ2) is 4.52. The van der Waals surface area contributed by atoms with Crippen molar-refractivity contribution in [3.05, 3.63) is 29.2 Å². The van der Waals surface area contributed by atoms with Gasteiger partial charge in [-0.05, 0) is 30.4 Å². The molecule has 1 aromatic rings. The zero-order valence-electron chi connectivity index (χ0n) is 9.90. The molecule has 1 aliphatic heterocycles. The molecule has 1 fully saturated rings. The minimum Gasteiger partial charge on any atom is -0.365 e. The Labute approximate surface area is 96.9 Å². The van der Waals surface area contributed by atoms with Gasteiger partial charge in [0.05, 0.1) is 6.57 Å². The summed E-state index contributed by atoms with van der Waals surface area (Å²) >= 11 is 0. The van der Waals surface area contributed by atoms with Gasteiger partial charge in [-0.15, -0.1) is 0 Å². The van der Waals surface area contributed by atoms with Crippen molar-refractivity contribution in [2.45, 2.75) is 32.6 Å². The fourth-order valence-corrected chi connectivity index (χ4v) is 2.03. The zero-order chi connectivity index (χ0) is 11.5. The molecule has 84 valence electrons. The topological polar surface area (TPSA) is 20.5 Å². The number of aromatic nitrogens is 1. The van der Waals surface area contributed by atoms with Crippen LogP contribution in [0.5, 0.6) is 0 Å². The van der Waals surface area contributed by atoms with Gasteiger partial charge in [0.15, 0.2) is 0 Å². The van der Waals surface area contributed by atoms with E-state index in [9.17, 15) is 0 Å². The van der Waals surface area contributed by atoms with Crippen LogP contribution in [0.1, 0.15) is 38.2 Å². The highest BCUT2D eigenvalue weighted by Gasteiger charge is 2.17. The summed E-state index contributed by atoms with van der Waals surface area (Å²) in [6.45, 7) is 13.6. The van der Waals surface area contributed by atoms with Crippen molar-refractivity contribution in [1.82, 2.24) is 4.98 Å². The van der Waals surface area contributed by atoms with Gasteiger partial charge in [-0.25, -0.2) is 4.85 Å². The summed E-state index contributed by atoms with van der Waals surface area (Å²) in [5, 5.41) is 0. The highest BCUT2D eigenvalue weighted by Crippen LogP contribution is 2.31. The minimum absolute atomic E-state index is 0.431. The van der Waals surface area contributed by atoms with Crippen molar-refractivity contribution in [3.63, 3.8) is 0 Å². The van der Waals surface area contributed by atoms with E-state index in [0.29, 0.717) is 11.6 Å². The highest BCUT2D eigenvalue weighted by atomic mass is 15.2. The van der Waals surface area contributed by atoms with Gasteiger partial charge in [-0.1, -0.05) is 13.8 Å². The van der Waals surface area contributed by atoms with E-state index in [-0.39, 0.29) is 0 Å². The van der Waals surface area contributed by atoms with Gasteiger partial charge in [0.2, 0.25) is 5.69 Å². The Hall–Kier alpha value is -1.56. The van der Waals surface area contributed by atoms with Gasteiger partial charge >= 0.3 is 0 Å². The second-order valence-electron chi connectivity index (χ2n) is 4.57. The van der Waals surface area contributed by atoms with Crippen molar-refractivity contribution in [1.29, 1.82) is 0 Å². The molecule has 2 heterocycles. The molecule has 1 aliphatic rings. The molecule has 0 aliphatic carbocycles. The summed E-state index contributed by atoms with van der Waals surface area (Å²) in [7, 11) is 0. The molecule has 1 aromatic heterocycles. The Kier molecular flexibility index (Phi) is 3.09. The minimum atomic E-state index is 0.431. The van der Waals surface area contributed by atoms with Crippen LogP contribution in [0, 0.1) is 6.57 Å². The van der Waals surface area contributed by atoms with Crippen LogP contribution in [0.15, 0.2) is 12.3 Å². The molecule has 3 nitrogen and oxygen atoms in total. The van der Waals surface area contributed by atoms with Crippen LogP contribution in [-0.4, -0.2) is 18.1 Å². The van der Waals surface area contributed by atoms with E-state index < -0.39 is 0 Å². The molecule has 16 heavy (non-hydrogen) atoms. The number of hydrogen-bond donors (Lipinski definition) is 0. The molecule has 0 spiro atoms. The summed E-state index contributed by atoms with van der Waals surface area (Å²) in [5.41, 5.74) is 1.85. The van der Waals surface area contributed by atoms with Gasteiger partial charge in [0.1, 0.15) is 5.82 Å². The molecule has 0 radical (unpaired) electrons. The van der Waals surface area contributed by atoms with Crippen LogP contribution < -0.4 is 4.90 Å². The van der Waals surface area contributed by atoms with E-state index in [1.54, 1.807) is 0 Å². The Balaban J connectivity index is 2.35. The molecule has 0 bridgehead atoms. The fourth-order valence-electron chi connectivity index (χ4n) is 2.03. The van der Waals surface area contributed by atoms with Gasteiger partial charge in [-0.3, -0.25) is 4.98 Å². The molecule has 0 atom stereocenters. The quantitative estimate of drug-likeness (QED) is 0.705. The Morgan fingerprint density at radius 2 is 2.06 bits per heavy atom. The Morgan fingerprint density at radius 3 is 2.62 bits per heavy atom. The number of anilines is 1. The fraction of sp³-hybridized carbons (Fsp3) is 0.538. The predicted octanol–water partition coefficient (Wildman–Crippen LogP) is 3.36. The average molecular weight is 215 g/mol. The molecule has 2 rings (SSSR count). The lowest BCUT2D eigenvalue weighted by molar-refractivity contribution is 0.853. The van der Waals surface area contributed by atoms with Crippen molar-refractivity contribution in [2.24, 2.45) is 0 Å². The third-order valence-electron chi connectivity index (χ3n) is 3.06. The SMILES string of the molecule is [C-]#[N+]c1cc(C(C)C)cnc1N1CCCC1. The summed E-state index contributed by atoms with van der Waals surface area (Å²) in [5.74, 6) is 1.30. The van der Waals surface area contributed by atoms with Crippen molar-refractivity contribution < 1.29 is 0 Å². The summed E-state index contributed by atoms with van der Waals surface area (Å²) < 4.78 is 0. The maximum absolute atomic E-state index is 7.24. The van der Waals surface area contributed by atoms with Gasteiger partial charge in [-0.2, -0.15) is 0 Å². The summed E-state index contributed by atoms with van der Waals surface area (Å²) in [6, 6.07) is 1.98. The number of rotatable bonds is 2. The lowest BCUT2D eigenvalue weighted by atomic mass is 10.1. The normalized spacial score (nSPS) is 15.5. The average Bonchev–Trinajstić information content (AvgIpc) is 2.81. The first-order valence-corrected chi connectivity index (χ1v) is 5.84. The zero-order valence-corrected chi connectivity index (χ0v) is 9.90. The van der Waals surface area contributed by atoms with Crippen molar-refractivity contribution in [3.8, 4) is 0 Å². The van der Waals surface area contributed by atoms with E-state index >= 15 is 0 Å². The smallest absolute Gasteiger partial charge is 0.228 e. The highest BCUT2D eigenvalue weighted by molar-refractivity contribution is 5.67. The lowest BCUT2D eigenvalue weighted by Crippen LogP contribution is -2.19. The van der Waals surface area contributed by atoms with E-state index in [1.807, 2.05) is 12.3 Å². The van der Waals surface area contributed by atoms with E-state index in [2.05, 4.69) is 28.6 Å². The molecule has 0 saturated carbocycles. The van der Waals surface area contributed by atoms with Crippen LogP contribution in [-0.2, 0) is 0 Å². The van der Waals surface area contributed by atoms with Crippen molar-refractivity contribution >= 4 is 11.5 Å². The summed E-state index contributed by atoms with van der Waals surface area (Å²) in [4.78, 5) is 10.3. The van der Waals surface area contributed by atoms with Crippen LogP contribution in [0.4, 0.5) is 11.5 Å². The second-order valence-corrected chi connectivity index (χ2v) is 4.57. The van der Waals surface area contributed by atoms with Crippen LogP contribution >= 0.6 is 0 Å². The summed E-state index contributed by atoms with van der Waals surface area (Å²) in [6.07, 6.45) is 4.34. The van der Waals surface area contributed by atoms with Gasteiger partial charge in [0.25, 0.3) is 0 Å². The molecule has 0 aromatic carbocycles. The lowest BCUT2D eigenvalue weighted by Gasteiger charge is -2.18. The van der Waals surface area contributed by atoms with E-state index in [1.165, 1.54) is 12.8 Å². The van der Waals surface area contributed by atoms with Gasteiger partial charge in [0, 0.05) is 19.3 Å². The molecule has 3 heteroatoms. The molecular formula is C13H17N3. The molecule has 0 N–H and O–H groups in total. The van der Waals surface area contributed by atoms with E-state index in [0.717, 1.165) is 24.5 Å². The first kappa shape index (κ1) is 10.9. The molecule has 0 amide bonds. The first-order chi connectivity index (χ1) is 7.72. The monoisotopic (exact) mass is 215 g/mol. The van der Waals surface area contributed by atoms with E-state index in [4.69, 9.17) is 6.57 Å². The van der Waals surface area contributed by atoms with Crippen LogP contribution in [0.3, 0.4) is 0 Å². The predicted molar refractivity (Wildman–Crippen MR) is 66.0 cm³/mol. The number of hydrogen-bond acceptors (Lipinski definition) is 2. The molecule has 1 saturated heterocycles. The standard InChI is InChI=1S/C13H17N3/c1-10(2)11-8-12(14-3)13(15-9-11)16-6-4-5-7-16/h8-10H,4-7H2,1-2H3. The largest absolute Gasteiger partial charge is 0.365 e. The third-order valence-corrected chi connectivity index (χ3v) is 3.06. The maximum Gasteiger partial charge on any atom is 0.228 e. The molecular weight excluding hydrogens is 198 g/mol. The third kappa shape index (κ3) is 2.01.